The molecule has 0 aliphatic heterocycles. The number of fused-ring (bicyclic) bond motifs is 11. The summed E-state index contributed by atoms with van der Waals surface area (Å²) in [6.45, 7) is 0. The Balaban J connectivity index is 1.02. The van der Waals surface area contributed by atoms with Gasteiger partial charge in [-0.2, -0.15) is 0 Å². The zero-order valence-electron chi connectivity index (χ0n) is 30.1. The first kappa shape index (κ1) is 31.6. The average Bonchev–Trinajstić information content (AvgIpc) is 3.95. The quantitative estimate of drug-likeness (QED) is 0.174. The fourth-order valence-corrected chi connectivity index (χ4v) is 11.2. The van der Waals surface area contributed by atoms with Crippen LogP contribution in [0, 0.1) is 0 Å². The van der Waals surface area contributed by atoms with Gasteiger partial charge in [-0.15, -0.1) is 22.7 Å². The molecule has 3 aromatic heterocycles. The molecule has 0 atom stereocenters. The molecule has 0 bridgehead atoms. The summed E-state index contributed by atoms with van der Waals surface area (Å²) in [6.07, 6.45) is 0. The van der Waals surface area contributed by atoms with Gasteiger partial charge in [0.2, 0.25) is 0 Å². The van der Waals surface area contributed by atoms with E-state index in [0.29, 0.717) is 0 Å². The van der Waals surface area contributed by atoms with Crippen LogP contribution in [0.5, 0.6) is 0 Å². The van der Waals surface area contributed by atoms with Crippen LogP contribution >= 0.6 is 22.7 Å². The van der Waals surface area contributed by atoms with Gasteiger partial charge in [-0.3, -0.25) is 0 Å². The van der Waals surface area contributed by atoms with E-state index < -0.39 is 0 Å². The Morgan fingerprint density at radius 1 is 0.357 bits per heavy atom. The second-order valence-electron chi connectivity index (χ2n) is 14.5. The predicted molar refractivity (Wildman–Crippen MR) is 243 cm³/mol. The molecule has 0 saturated heterocycles. The maximum absolute atomic E-state index is 6.42. The first-order valence-electron chi connectivity index (χ1n) is 18.9. The molecule has 3 heterocycles. The van der Waals surface area contributed by atoms with Crippen molar-refractivity contribution in [2.45, 2.75) is 0 Å². The van der Waals surface area contributed by atoms with Crippen molar-refractivity contribution in [3.63, 3.8) is 0 Å². The van der Waals surface area contributed by atoms with Crippen molar-refractivity contribution in [2.24, 2.45) is 0 Å². The molecule has 9 aromatic carbocycles. The molecule has 0 amide bonds. The molecule has 0 aliphatic rings. The molecule has 262 valence electrons. The standard InChI is InChI=1S/C52H31NOS2/c1-2-10-34-29-35(20-19-32(34)9-1)33-21-23-37(24-22-33)53(39-25-26-42-41-13-3-5-17-46(41)54-47(42)31-39)38-12-7-11-36(30-38)40-15-8-16-43-44-27-28-49-50(52(44)56-51(40)43)45-14-4-6-18-48(45)55-49/h1-31H. The van der Waals surface area contributed by atoms with Gasteiger partial charge in [0.25, 0.3) is 0 Å². The molecule has 0 saturated carbocycles. The van der Waals surface area contributed by atoms with Crippen LogP contribution in [0.3, 0.4) is 0 Å². The lowest BCUT2D eigenvalue weighted by Gasteiger charge is -2.26. The molecule has 2 nitrogen and oxygen atoms in total. The Morgan fingerprint density at radius 3 is 1.98 bits per heavy atom. The Labute approximate surface area is 330 Å². The maximum atomic E-state index is 6.42. The van der Waals surface area contributed by atoms with Gasteiger partial charge in [-0.25, -0.2) is 0 Å². The van der Waals surface area contributed by atoms with Crippen LogP contribution in [-0.4, -0.2) is 0 Å². The number of anilines is 3. The van der Waals surface area contributed by atoms with Gasteiger partial charge >= 0.3 is 0 Å². The number of para-hydroxylation sites is 1. The summed E-state index contributed by atoms with van der Waals surface area (Å²) in [7, 11) is 0. The third-order valence-electron chi connectivity index (χ3n) is 11.2. The molecule has 0 aliphatic carbocycles. The topological polar surface area (TPSA) is 16.4 Å². The number of furan rings is 1. The van der Waals surface area contributed by atoms with Gasteiger partial charge in [0, 0.05) is 74.2 Å². The van der Waals surface area contributed by atoms with E-state index in [1.54, 1.807) is 0 Å². The van der Waals surface area contributed by atoms with Crippen molar-refractivity contribution in [1.29, 1.82) is 0 Å². The molecule has 0 unspecified atom stereocenters. The number of nitrogens with zero attached hydrogens (tertiary/aromatic N) is 1. The van der Waals surface area contributed by atoms with Crippen molar-refractivity contribution in [3.05, 3.63) is 188 Å². The highest BCUT2D eigenvalue weighted by atomic mass is 32.1. The minimum Gasteiger partial charge on any atom is -0.456 e. The van der Waals surface area contributed by atoms with Crippen molar-refractivity contribution in [1.82, 2.24) is 0 Å². The first-order valence-corrected chi connectivity index (χ1v) is 20.5. The second kappa shape index (κ2) is 12.4. The summed E-state index contributed by atoms with van der Waals surface area (Å²) in [6, 6.07) is 68.3. The Morgan fingerprint density at radius 2 is 1.05 bits per heavy atom. The third kappa shape index (κ3) is 4.93. The third-order valence-corrected chi connectivity index (χ3v) is 13.7. The largest absolute Gasteiger partial charge is 0.456 e. The second-order valence-corrected chi connectivity index (χ2v) is 16.6. The van der Waals surface area contributed by atoms with E-state index in [9.17, 15) is 0 Å². The highest BCUT2D eigenvalue weighted by Gasteiger charge is 2.19. The lowest BCUT2D eigenvalue weighted by Crippen LogP contribution is -2.10. The van der Waals surface area contributed by atoms with E-state index in [-0.39, 0.29) is 0 Å². The zero-order chi connectivity index (χ0) is 36.7. The molecule has 0 N–H and O–H groups in total. The van der Waals surface area contributed by atoms with Gasteiger partial charge in [0.15, 0.2) is 0 Å². The summed E-state index contributed by atoms with van der Waals surface area (Å²) < 4.78 is 11.8. The van der Waals surface area contributed by atoms with Crippen LogP contribution in [0.1, 0.15) is 0 Å². The Kier molecular flexibility index (Phi) is 7.00. The van der Waals surface area contributed by atoms with Crippen LogP contribution in [-0.2, 0) is 0 Å². The summed E-state index contributed by atoms with van der Waals surface area (Å²) in [4.78, 5) is 2.35. The maximum Gasteiger partial charge on any atom is 0.137 e. The van der Waals surface area contributed by atoms with E-state index in [1.165, 1.54) is 73.4 Å². The lowest BCUT2D eigenvalue weighted by molar-refractivity contribution is 0.669. The monoisotopic (exact) mass is 749 g/mol. The molecule has 0 fully saturated rings. The van der Waals surface area contributed by atoms with Gasteiger partial charge < -0.3 is 9.32 Å². The molecule has 0 radical (unpaired) electrons. The summed E-state index contributed by atoms with van der Waals surface area (Å²) in [5, 5.41) is 10.1. The molecule has 0 spiro atoms. The first-order chi connectivity index (χ1) is 27.7. The highest BCUT2D eigenvalue weighted by Crippen LogP contribution is 2.47. The van der Waals surface area contributed by atoms with E-state index >= 15 is 0 Å². The molecular weight excluding hydrogens is 719 g/mol. The van der Waals surface area contributed by atoms with Gasteiger partial charge in [-0.05, 0) is 93.7 Å². The lowest BCUT2D eigenvalue weighted by atomic mass is 10.00. The Hall–Kier alpha value is -6.72. The zero-order valence-corrected chi connectivity index (χ0v) is 31.7. The fraction of sp³-hybridized carbons (Fsp3) is 0. The van der Waals surface area contributed by atoms with Crippen molar-refractivity contribution in [3.8, 4) is 22.3 Å². The average molecular weight is 750 g/mol. The van der Waals surface area contributed by atoms with Crippen LogP contribution in [0.4, 0.5) is 17.1 Å². The van der Waals surface area contributed by atoms with Crippen LogP contribution in [0.25, 0.3) is 95.3 Å². The van der Waals surface area contributed by atoms with Gasteiger partial charge in [0.1, 0.15) is 11.2 Å². The van der Waals surface area contributed by atoms with Crippen LogP contribution < -0.4 is 4.90 Å². The van der Waals surface area contributed by atoms with Crippen molar-refractivity contribution in [2.75, 3.05) is 4.90 Å². The molecule has 56 heavy (non-hydrogen) atoms. The SMILES string of the molecule is c1cc(-c2cccc3c2sc2c3ccc3sc4ccccc4c32)cc(N(c2ccc(-c3ccc4ccccc4c3)cc2)c2ccc3c(c2)oc2ccccc23)c1. The number of rotatable bonds is 5. The van der Waals surface area contributed by atoms with Gasteiger partial charge in [0.05, 0.1) is 0 Å². The van der Waals surface area contributed by atoms with E-state index in [2.05, 4.69) is 181 Å². The minimum atomic E-state index is 0.875. The number of hydrogen-bond acceptors (Lipinski definition) is 4. The molecule has 12 aromatic rings. The van der Waals surface area contributed by atoms with Crippen LogP contribution in [0.15, 0.2) is 192 Å². The van der Waals surface area contributed by atoms with E-state index in [4.69, 9.17) is 4.42 Å². The van der Waals surface area contributed by atoms with Crippen molar-refractivity contribution < 1.29 is 4.42 Å². The normalized spacial score (nSPS) is 11.9. The van der Waals surface area contributed by atoms with E-state index in [0.717, 1.165) is 39.0 Å². The number of hydrogen-bond donors (Lipinski definition) is 0. The number of benzene rings is 9. The molecule has 12 rings (SSSR count). The fourth-order valence-electron chi connectivity index (χ4n) is 8.58. The smallest absolute Gasteiger partial charge is 0.137 e. The predicted octanol–water partition coefficient (Wildman–Crippen LogP) is 16.3. The van der Waals surface area contributed by atoms with Crippen molar-refractivity contribution >= 4 is 113 Å². The van der Waals surface area contributed by atoms with Crippen LogP contribution in [0.2, 0.25) is 0 Å². The summed E-state index contributed by atoms with van der Waals surface area (Å²) in [5.74, 6) is 0. The Bertz CT molecular complexity index is 3500. The molecular formula is C52H31NOS2. The minimum absolute atomic E-state index is 0.875. The number of thiophene rings is 2. The highest BCUT2D eigenvalue weighted by molar-refractivity contribution is 7.30. The van der Waals surface area contributed by atoms with E-state index in [1.807, 2.05) is 34.8 Å². The molecule has 4 heteroatoms. The summed E-state index contributed by atoms with van der Waals surface area (Å²) >= 11 is 3.81. The van der Waals surface area contributed by atoms with Gasteiger partial charge in [-0.1, -0.05) is 121 Å². The summed E-state index contributed by atoms with van der Waals surface area (Å²) in [5.41, 5.74) is 9.80.